The van der Waals surface area contributed by atoms with Gasteiger partial charge in [0.25, 0.3) is 0 Å². The van der Waals surface area contributed by atoms with E-state index in [9.17, 15) is 24.3 Å². The van der Waals surface area contributed by atoms with Gasteiger partial charge in [0, 0.05) is 31.9 Å². The summed E-state index contributed by atoms with van der Waals surface area (Å²) in [6, 6.07) is 19.0. The molecule has 0 spiro atoms. The molecule has 3 aromatic carbocycles. The van der Waals surface area contributed by atoms with Crippen molar-refractivity contribution in [1.29, 1.82) is 0 Å². The number of methoxy groups -OCH3 is 1. The van der Waals surface area contributed by atoms with Crippen molar-refractivity contribution in [3.05, 3.63) is 84.7 Å². The summed E-state index contributed by atoms with van der Waals surface area (Å²) in [6.45, 7) is 10.3. The van der Waals surface area contributed by atoms with Gasteiger partial charge in [-0.3, -0.25) is 9.59 Å². The number of alkyl carbamates (subject to hydrolysis) is 1. The number of ether oxygens (including phenoxy) is 3. The van der Waals surface area contributed by atoms with E-state index < -0.39 is 24.3 Å². The normalized spacial score (nSPS) is 26.3. The van der Waals surface area contributed by atoms with Gasteiger partial charge in [-0.25, -0.2) is 19.6 Å². The molecule has 5 N–H and O–H groups in total. The van der Waals surface area contributed by atoms with Crippen molar-refractivity contribution in [3.63, 3.8) is 0 Å². The quantitative estimate of drug-likeness (QED) is 0.0862. The largest absolute Gasteiger partial charge is 0.465 e. The average molecular weight is 915 g/mol. The lowest BCUT2D eigenvalue weighted by molar-refractivity contribution is -0.138. The third-order valence-electron chi connectivity index (χ3n) is 14.4. The van der Waals surface area contributed by atoms with E-state index in [1.165, 1.54) is 7.11 Å². The molecule has 9 rings (SSSR count). The Kier molecular flexibility index (Phi) is 13.4. The van der Waals surface area contributed by atoms with Crippen LogP contribution in [0.3, 0.4) is 0 Å². The molecule has 0 aliphatic carbocycles. The van der Waals surface area contributed by atoms with Crippen LogP contribution in [0.1, 0.15) is 90.0 Å². The minimum atomic E-state index is -1.20. The number of rotatable bonds is 11. The van der Waals surface area contributed by atoms with E-state index in [0.717, 1.165) is 63.1 Å². The van der Waals surface area contributed by atoms with Crippen LogP contribution in [-0.2, 0) is 23.8 Å². The number of nitrogens with one attached hydrogen (secondary N) is 4. The van der Waals surface area contributed by atoms with E-state index in [4.69, 9.17) is 24.2 Å². The first kappa shape index (κ1) is 45.9. The molecule has 10 atom stereocenters. The second kappa shape index (κ2) is 19.5. The Balaban J connectivity index is 0.876. The van der Waals surface area contributed by atoms with Crippen LogP contribution in [0.2, 0.25) is 0 Å². The molecule has 4 saturated heterocycles. The highest BCUT2D eigenvalue weighted by Crippen LogP contribution is 2.39. The standard InChI is InChI=1S/C51H62N8O8/c1-28-18-42(58(26-28)48(60)44(56-50(62)63)38-14-16-66-30(3)20-38)46-52-24-40(54-46)33-8-6-32(7-9-33)34-10-11-36-23-37(13-12-35(36)22-34)41-25-53-47(55-41)43-19-29(2)27-59(43)49(61)45(57-51(64)65-5)39-15-17-67-31(4)21-39/h6-13,22-25,28-31,38-39,42-45,56H,14-21,26-27H2,1-5H3,(H,52,54)(H,53,55)(H,57,64)(H,62,63)/t28-,29-,30-,31+,38+,39-,42-,43-,44-,45-/m0/s1. The third kappa shape index (κ3) is 9.91. The monoisotopic (exact) mass is 914 g/mol. The van der Waals surface area contributed by atoms with Gasteiger partial charge in [0.15, 0.2) is 0 Å². The molecular weight excluding hydrogens is 853 g/mol. The predicted molar refractivity (Wildman–Crippen MR) is 252 cm³/mol. The third-order valence-corrected chi connectivity index (χ3v) is 14.4. The highest BCUT2D eigenvalue weighted by atomic mass is 16.5. The average Bonchev–Trinajstić information content (AvgIpc) is 4.16. The summed E-state index contributed by atoms with van der Waals surface area (Å²) in [4.78, 5) is 72.9. The second-order valence-electron chi connectivity index (χ2n) is 19.4. The summed E-state index contributed by atoms with van der Waals surface area (Å²) < 4.78 is 16.4. The van der Waals surface area contributed by atoms with Gasteiger partial charge in [-0.2, -0.15) is 0 Å². The summed E-state index contributed by atoms with van der Waals surface area (Å²) in [5, 5.41) is 17.3. The number of fused-ring (bicyclic) bond motifs is 1. The molecule has 67 heavy (non-hydrogen) atoms. The van der Waals surface area contributed by atoms with Gasteiger partial charge in [-0.1, -0.05) is 62.4 Å². The van der Waals surface area contributed by atoms with Crippen molar-refractivity contribution in [2.75, 3.05) is 33.4 Å². The fourth-order valence-electron chi connectivity index (χ4n) is 10.9. The maximum atomic E-state index is 14.3. The lowest BCUT2D eigenvalue weighted by atomic mass is 9.88. The van der Waals surface area contributed by atoms with Gasteiger partial charge in [0.1, 0.15) is 23.7 Å². The van der Waals surface area contributed by atoms with Crippen LogP contribution in [-0.4, -0.2) is 117 Å². The number of amides is 4. The van der Waals surface area contributed by atoms with E-state index in [1.54, 1.807) is 11.1 Å². The molecule has 0 bridgehead atoms. The Morgan fingerprint density at radius 1 is 0.657 bits per heavy atom. The van der Waals surface area contributed by atoms with Gasteiger partial charge in [-0.05, 0) is 116 Å². The molecule has 6 heterocycles. The Morgan fingerprint density at radius 3 is 1.63 bits per heavy atom. The first-order chi connectivity index (χ1) is 32.3. The fraction of sp³-hybridized carbons (Fsp3) is 0.490. The first-order valence-electron chi connectivity index (χ1n) is 23.7. The van der Waals surface area contributed by atoms with Crippen molar-refractivity contribution in [2.24, 2.45) is 23.7 Å². The molecule has 0 unspecified atom stereocenters. The zero-order valence-corrected chi connectivity index (χ0v) is 38.9. The molecule has 4 fully saturated rings. The Bertz CT molecular complexity index is 2590. The van der Waals surface area contributed by atoms with Crippen LogP contribution in [0, 0.1) is 23.7 Å². The number of aromatic nitrogens is 4. The van der Waals surface area contributed by atoms with Gasteiger partial charge >= 0.3 is 12.2 Å². The maximum Gasteiger partial charge on any atom is 0.407 e. The molecule has 2 aromatic heterocycles. The molecule has 0 radical (unpaired) electrons. The number of carbonyl (C=O) groups excluding carboxylic acids is 3. The van der Waals surface area contributed by atoms with Crippen LogP contribution >= 0.6 is 0 Å². The molecule has 4 amide bonds. The van der Waals surface area contributed by atoms with Crippen molar-refractivity contribution in [3.8, 4) is 33.6 Å². The van der Waals surface area contributed by atoms with Crippen LogP contribution in [0.4, 0.5) is 9.59 Å². The maximum absolute atomic E-state index is 14.3. The van der Waals surface area contributed by atoms with Gasteiger partial charge < -0.3 is 49.7 Å². The summed E-state index contributed by atoms with van der Waals surface area (Å²) in [6.07, 6.45) is 5.84. The number of hydrogen-bond acceptors (Lipinski definition) is 9. The molecule has 0 saturated carbocycles. The number of hydrogen-bond donors (Lipinski definition) is 5. The number of H-pyrrole nitrogens is 2. The van der Waals surface area contributed by atoms with Crippen LogP contribution in [0.5, 0.6) is 0 Å². The molecular formula is C51H62N8O8. The number of carboxylic acid groups (broad SMARTS) is 1. The van der Waals surface area contributed by atoms with Crippen LogP contribution in [0.15, 0.2) is 73.1 Å². The summed E-state index contributed by atoms with van der Waals surface area (Å²) >= 11 is 0. The van der Waals surface area contributed by atoms with Gasteiger partial charge in [-0.15, -0.1) is 0 Å². The summed E-state index contributed by atoms with van der Waals surface area (Å²) in [5.41, 5.74) is 5.79. The van der Waals surface area contributed by atoms with E-state index in [2.05, 4.69) is 95.1 Å². The minimum absolute atomic E-state index is 0.00153. The molecule has 354 valence electrons. The number of nitrogens with zero attached hydrogens (tertiary/aromatic N) is 4. The number of imidazole rings is 2. The van der Waals surface area contributed by atoms with Crippen LogP contribution < -0.4 is 10.6 Å². The summed E-state index contributed by atoms with van der Waals surface area (Å²) in [7, 11) is 1.31. The van der Waals surface area contributed by atoms with E-state index in [-0.39, 0.29) is 59.8 Å². The first-order valence-corrected chi connectivity index (χ1v) is 23.7. The van der Waals surface area contributed by atoms with Gasteiger partial charge in [0.05, 0.1) is 55.2 Å². The van der Waals surface area contributed by atoms with E-state index in [1.807, 2.05) is 24.9 Å². The zero-order valence-electron chi connectivity index (χ0n) is 38.9. The number of likely N-dealkylation sites (tertiary alicyclic amines) is 2. The molecule has 16 heteroatoms. The highest BCUT2D eigenvalue weighted by molar-refractivity contribution is 5.91. The Hall–Kier alpha value is -6.26. The van der Waals surface area contributed by atoms with E-state index >= 15 is 0 Å². The lowest BCUT2D eigenvalue weighted by Gasteiger charge is -2.36. The Morgan fingerprint density at radius 2 is 1.12 bits per heavy atom. The van der Waals surface area contributed by atoms with Crippen molar-refractivity contribution < 1.29 is 38.5 Å². The fourth-order valence-corrected chi connectivity index (χ4v) is 10.9. The molecule has 4 aliphatic rings. The second-order valence-corrected chi connectivity index (χ2v) is 19.4. The van der Waals surface area contributed by atoms with E-state index in [0.29, 0.717) is 57.8 Å². The van der Waals surface area contributed by atoms with Gasteiger partial charge in [0.2, 0.25) is 11.8 Å². The minimum Gasteiger partial charge on any atom is -0.465 e. The Labute approximate surface area is 390 Å². The highest BCUT2D eigenvalue weighted by Gasteiger charge is 2.44. The molecule has 16 nitrogen and oxygen atoms in total. The number of benzene rings is 3. The molecule has 5 aromatic rings. The predicted octanol–water partition coefficient (Wildman–Crippen LogP) is 8.10. The molecule has 4 aliphatic heterocycles. The van der Waals surface area contributed by atoms with Crippen LogP contribution in [0.25, 0.3) is 44.4 Å². The van der Waals surface area contributed by atoms with Crippen molar-refractivity contribution in [1.82, 2.24) is 40.4 Å². The lowest BCUT2D eigenvalue weighted by Crippen LogP contribution is -2.53. The topological polar surface area (TPSA) is 204 Å². The number of carbonyl (C=O) groups is 4. The zero-order chi connectivity index (χ0) is 46.9. The van der Waals surface area contributed by atoms with Crippen molar-refractivity contribution in [2.45, 2.75) is 103 Å². The number of aromatic amines is 2. The van der Waals surface area contributed by atoms with Crippen molar-refractivity contribution >= 4 is 34.8 Å². The SMILES string of the molecule is COC(=O)N[C@H](C(=O)N1C[C@@H](C)C[C@H]1c1ncc(-c2ccc3cc(-c4ccc(-c5cnc([C@@H]6C[C@H](C)CN6C(=O)[C@@H](NC(=O)O)[C@@H]6CCO[C@@H](C)C6)[nH]5)cc4)ccc3c2)[nH]1)[C@H]1CCO[C@H](C)C1. The smallest absolute Gasteiger partial charge is 0.407 e. The summed E-state index contributed by atoms with van der Waals surface area (Å²) in [5.74, 6) is 1.36.